The van der Waals surface area contributed by atoms with Crippen molar-refractivity contribution in [3.63, 3.8) is 0 Å². The van der Waals surface area contributed by atoms with Crippen molar-refractivity contribution >= 4 is 10.8 Å². The minimum Gasteiger partial charge on any atom is -0.340 e. The van der Waals surface area contributed by atoms with E-state index in [9.17, 15) is 0 Å². The highest BCUT2D eigenvalue weighted by atomic mass is 16.5. The molecule has 0 radical (unpaired) electrons. The molecule has 3 aromatic rings. The van der Waals surface area contributed by atoms with Crippen molar-refractivity contribution in [3.8, 4) is 0 Å². The third kappa shape index (κ3) is 2.70. The monoisotopic (exact) mass is 267 g/mol. The largest absolute Gasteiger partial charge is 0.340 e. The number of hydrogen-bond acceptors (Lipinski definition) is 4. The quantitative estimate of drug-likeness (QED) is 0.787. The van der Waals surface area contributed by atoms with Gasteiger partial charge in [-0.2, -0.15) is 4.98 Å². The Hall–Kier alpha value is -2.20. The molecule has 1 atom stereocenters. The molecule has 1 unspecified atom stereocenters. The van der Waals surface area contributed by atoms with Crippen LogP contribution in [0.3, 0.4) is 0 Å². The Morgan fingerprint density at radius 1 is 1.15 bits per heavy atom. The first-order chi connectivity index (χ1) is 9.72. The van der Waals surface area contributed by atoms with E-state index in [0.29, 0.717) is 18.3 Å². The molecule has 1 N–H and O–H groups in total. The van der Waals surface area contributed by atoms with Crippen molar-refractivity contribution in [2.24, 2.45) is 0 Å². The summed E-state index contributed by atoms with van der Waals surface area (Å²) >= 11 is 0. The number of fused-ring (bicyclic) bond motifs is 1. The predicted octanol–water partition coefficient (Wildman–Crippen LogP) is 3.38. The van der Waals surface area contributed by atoms with Crippen LogP contribution in [-0.2, 0) is 6.54 Å². The molecule has 0 saturated heterocycles. The normalized spacial score (nSPS) is 12.7. The van der Waals surface area contributed by atoms with E-state index in [4.69, 9.17) is 4.52 Å². The van der Waals surface area contributed by atoms with Crippen LogP contribution in [0.2, 0.25) is 0 Å². The zero-order valence-electron chi connectivity index (χ0n) is 11.6. The van der Waals surface area contributed by atoms with E-state index in [-0.39, 0.29) is 6.04 Å². The number of nitrogens with one attached hydrogen (secondary N) is 1. The Bertz CT molecular complexity index is 720. The molecule has 20 heavy (non-hydrogen) atoms. The van der Waals surface area contributed by atoms with Crippen molar-refractivity contribution in [1.29, 1.82) is 0 Å². The van der Waals surface area contributed by atoms with Crippen LogP contribution in [0.5, 0.6) is 0 Å². The van der Waals surface area contributed by atoms with Gasteiger partial charge in [-0.05, 0) is 29.3 Å². The summed E-state index contributed by atoms with van der Waals surface area (Å²) in [5.74, 6) is 1.29. The van der Waals surface area contributed by atoms with E-state index >= 15 is 0 Å². The molecule has 1 aromatic heterocycles. The Morgan fingerprint density at radius 3 is 2.70 bits per heavy atom. The van der Waals surface area contributed by atoms with Crippen molar-refractivity contribution in [2.45, 2.75) is 26.4 Å². The van der Waals surface area contributed by atoms with Crippen molar-refractivity contribution in [1.82, 2.24) is 15.5 Å². The van der Waals surface area contributed by atoms with Crippen LogP contribution in [-0.4, -0.2) is 10.1 Å². The summed E-state index contributed by atoms with van der Waals surface area (Å²) in [5.41, 5.74) is 1.25. The molecule has 0 spiro atoms. The molecule has 0 bridgehead atoms. The van der Waals surface area contributed by atoms with Crippen LogP contribution in [0.15, 0.2) is 47.0 Å². The van der Waals surface area contributed by atoms with E-state index in [1.54, 1.807) is 6.92 Å². The molecule has 1 heterocycles. The fourth-order valence-corrected chi connectivity index (χ4v) is 2.25. The van der Waals surface area contributed by atoms with Gasteiger partial charge in [0.2, 0.25) is 5.89 Å². The minimum absolute atomic E-state index is 0.235. The first kappa shape index (κ1) is 12.8. The van der Waals surface area contributed by atoms with Gasteiger partial charge >= 0.3 is 0 Å². The Labute approximate surface area is 117 Å². The lowest BCUT2D eigenvalue weighted by Gasteiger charge is -2.13. The number of hydrogen-bond donors (Lipinski definition) is 1. The maximum Gasteiger partial charge on any atom is 0.223 e. The van der Waals surface area contributed by atoms with Crippen LogP contribution in [0, 0.1) is 6.92 Å². The van der Waals surface area contributed by atoms with Gasteiger partial charge in [0.25, 0.3) is 0 Å². The van der Waals surface area contributed by atoms with E-state index in [2.05, 4.69) is 64.8 Å². The van der Waals surface area contributed by atoms with Gasteiger partial charge in [-0.15, -0.1) is 0 Å². The van der Waals surface area contributed by atoms with Crippen molar-refractivity contribution in [2.75, 3.05) is 0 Å². The van der Waals surface area contributed by atoms with E-state index in [1.807, 2.05) is 0 Å². The summed E-state index contributed by atoms with van der Waals surface area (Å²) in [6.07, 6.45) is 0. The first-order valence-electron chi connectivity index (χ1n) is 6.73. The SMILES string of the molecule is Cc1nc(CNC(C)c2ccc3ccccc3c2)no1. The summed E-state index contributed by atoms with van der Waals surface area (Å²) in [7, 11) is 0. The smallest absolute Gasteiger partial charge is 0.223 e. The van der Waals surface area contributed by atoms with Crippen LogP contribution < -0.4 is 5.32 Å². The topological polar surface area (TPSA) is 51.0 Å². The van der Waals surface area contributed by atoms with Gasteiger partial charge in [0.05, 0.1) is 6.54 Å². The van der Waals surface area contributed by atoms with Crippen LogP contribution in [0.25, 0.3) is 10.8 Å². The number of benzene rings is 2. The van der Waals surface area contributed by atoms with E-state index in [0.717, 1.165) is 0 Å². The summed E-state index contributed by atoms with van der Waals surface area (Å²) in [5, 5.41) is 9.81. The van der Waals surface area contributed by atoms with Crippen LogP contribution in [0.4, 0.5) is 0 Å². The number of nitrogens with zero attached hydrogens (tertiary/aromatic N) is 2. The van der Waals surface area contributed by atoms with Gasteiger partial charge in [-0.3, -0.25) is 0 Å². The molecule has 0 fully saturated rings. The second-order valence-electron chi connectivity index (χ2n) is 4.94. The van der Waals surface area contributed by atoms with Crippen molar-refractivity contribution < 1.29 is 4.52 Å². The van der Waals surface area contributed by atoms with Crippen LogP contribution in [0.1, 0.15) is 30.2 Å². The Morgan fingerprint density at radius 2 is 1.95 bits per heavy atom. The third-order valence-corrected chi connectivity index (χ3v) is 3.41. The predicted molar refractivity (Wildman–Crippen MR) is 78.2 cm³/mol. The molecule has 0 aliphatic rings. The average molecular weight is 267 g/mol. The molecule has 4 heteroatoms. The second kappa shape index (κ2) is 5.43. The van der Waals surface area contributed by atoms with Gasteiger partial charge in [0.15, 0.2) is 5.82 Å². The molecular weight excluding hydrogens is 250 g/mol. The molecule has 4 nitrogen and oxygen atoms in total. The average Bonchev–Trinajstić information content (AvgIpc) is 2.90. The Balaban J connectivity index is 1.73. The highest BCUT2D eigenvalue weighted by Crippen LogP contribution is 2.20. The lowest BCUT2D eigenvalue weighted by Crippen LogP contribution is -2.18. The van der Waals surface area contributed by atoms with E-state index in [1.165, 1.54) is 16.3 Å². The van der Waals surface area contributed by atoms with Gasteiger partial charge < -0.3 is 9.84 Å². The number of aromatic nitrogens is 2. The molecule has 0 amide bonds. The summed E-state index contributed by atoms with van der Waals surface area (Å²) in [6, 6.07) is 15.1. The molecular formula is C16H17N3O. The number of rotatable bonds is 4. The number of aryl methyl sites for hydroxylation is 1. The standard InChI is InChI=1S/C16H17N3O/c1-11(17-10-16-18-12(2)20-19-16)14-8-7-13-5-3-4-6-15(13)9-14/h3-9,11,17H,10H2,1-2H3. The highest BCUT2D eigenvalue weighted by Gasteiger charge is 2.08. The maximum atomic E-state index is 4.96. The Kier molecular flexibility index (Phi) is 3.48. The van der Waals surface area contributed by atoms with Gasteiger partial charge in [-0.1, -0.05) is 41.6 Å². The first-order valence-corrected chi connectivity index (χ1v) is 6.73. The second-order valence-corrected chi connectivity index (χ2v) is 4.94. The van der Waals surface area contributed by atoms with E-state index < -0.39 is 0 Å². The van der Waals surface area contributed by atoms with Crippen LogP contribution >= 0.6 is 0 Å². The highest BCUT2D eigenvalue weighted by molar-refractivity contribution is 5.83. The lowest BCUT2D eigenvalue weighted by atomic mass is 10.0. The molecule has 3 rings (SSSR count). The fraction of sp³-hybridized carbons (Fsp3) is 0.250. The van der Waals surface area contributed by atoms with Gasteiger partial charge in [0, 0.05) is 13.0 Å². The molecule has 102 valence electrons. The molecule has 0 aliphatic heterocycles. The fourth-order valence-electron chi connectivity index (χ4n) is 2.25. The molecule has 0 aliphatic carbocycles. The van der Waals surface area contributed by atoms with Gasteiger partial charge in [-0.25, -0.2) is 0 Å². The minimum atomic E-state index is 0.235. The van der Waals surface area contributed by atoms with Gasteiger partial charge in [0.1, 0.15) is 0 Å². The zero-order chi connectivity index (χ0) is 13.9. The lowest BCUT2D eigenvalue weighted by molar-refractivity contribution is 0.384. The molecule has 0 saturated carbocycles. The molecule has 2 aromatic carbocycles. The summed E-state index contributed by atoms with van der Waals surface area (Å²) in [4.78, 5) is 4.19. The summed E-state index contributed by atoms with van der Waals surface area (Å²) < 4.78 is 4.96. The zero-order valence-corrected chi connectivity index (χ0v) is 11.6. The third-order valence-electron chi connectivity index (χ3n) is 3.41. The van der Waals surface area contributed by atoms with Crippen molar-refractivity contribution in [3.05, 3.63) is 59.7 Å². The summed E-state index contributed by atoms with van der Waals surface area (Å²) in [6.45, 7) is 4.53. The maximum absolute atomic E-state index is 4.96.